The summed E-state index contributed by atoms with van der Waals surface area (Å²) in [5, 5.41) is 1.33. The Hall–Kier alpha value is -1.81. The number of amides is 1. The first kappa shape index (κ1) is 15.4. The fourth-order valence-electron chi connectivity index (χ4n) is 5.11. The molecule has 1 aromatic carbocycles. The molecule has 5 rings (SSSR count). The molecule has 2 aliphatic heterocycles. The van der Waals surface area contributed by atoms with Crippen molar-refractivity contribution in [3.63, 3.8) is 0 Å². The van der Waals surface area contributed by atoms with Crippen molar-refractivity contribution >= 4 is 16.8 Å². The molecule has 2 fully saturated rings. The third kappa shape index (κ3) is 2.58. The number of hydrogen-bond donors (Lipinski definition) is 1. The van der Waals surface area contributed by atoms with Crippen molar-refractivity contribution in [1.29, 1.82) is 0 Å². The molecule has 1 unspecified atom stereocenters. The van der Waals surface area contributed by atoms with E-state index in [1.165, 1.54) is 54.3 Å². The molecule has 1 aliphatic carbocycles. The number of hydrogen-bond acceptors (Lipinski definition) is 2. The van der Waals surface area contributed by atoms with Crippen molar-refractivity contribution in [3.8, 4) is 0 Å². The molecule has 2 aromatic rings. The second-order valence-corrected chi connectivity index (χ2v) is 7.97. The standard InChI is InChI=1S/C21H27N3O/c25-21(20-11-13-24(20)15-6-2-1-3-7-15)23-12-10-17-16-8-4-5-9-18(16)22-19(17)14-23/h4-5,8-9,15,20,22H,1-3,6-7,10-14H2. The number of likely N-dealkylation sites (tertiary alicyclic amines) is 1. The molecular formula is C21H27N3O. The molecule has 1 atom stereocenters. The SMILES string of the molecule is O=C(C1CCN1C1CCCCC1)N1CCc2c([nH]c3ccccc23)C1. The van der Waals surface area contributed by atoms with Crippen molar-refractivity contribution in [3.05, 3.63) is 35.5 Å². The van der Waals surface area contributed by atoms with Gasteiger partial charge in [0.1, 0.15) is 0 Å². The Balaban J connectivity index is 1.32. The van der Waals surface area contributed by atoms with Gasteiger partial charge in [-0.05, 0) is 37.3 Å². The lowest BCUT2D eigenvalue weighted by Crippen LogP contribution is -2.61. The first-order valence-corrected chi connectivity index (χ1v) is 9.94. The Morgan fingerprint density at radius 1 is 1.04 bits per heavy atom. The van der Waals surface area contributed by atoms with Gasteiger partial charge >= 0.3 is 0 Å². The van der Waals surface area contributed by atoms with Gasteiger partial charge in [-0.1, -0.05) is 37.5 Å². The van der Waals surface area contributed by atoms with Crippen LogP contribution in [-0.2, 0) is 17.8 Å². The number of rotatable bonds is 2. The van der Waals surface area contributed by atoms with E-state index in [1.807, 2.05) is 0 Å². The molecule has 1 amide bonds. The minimum Gasteiger partial charge on any atom is -0.357 e. The van der Waals surface area contributed by atoms with E-state index in [9.17, 15) is 4.79 Å². The average Bonchev–Trinajstić information content (AvgIpc) is 2.99. The molecule has 0 radical (unpaired) electrons. The minimum atomic E-state index is 0.147. The summed E-state index contributed by atoms with van der Waals surface area (Å²) in [6.45, 7) is 2.73. The molecule has 3 heterocycles. The molecular weight excluding hydrogens is 310 g/mol. The van der Waals surface area contributed by atoms with Crippen molar-refractivity contribution in [2.45, 2.75) is 63.6 Å². The van der Waals surface area contributed by atoms with Crippen molar-refractivity contribution < 1.29 is 4.79 Å². The highest BCUT2D eigenvalue weighted by molar-refractivity contribution is 5.87. The van der Waals surface area contributed by atoms with Crippen LogP contribution in [0.1, 0.15) is 49.8 Å². The second-order valence-electron chi connectivity index (χ2n) is 7.97. The van der Waals surface area contributed by atoms with E-state index in [0.29, 0.717) is 11.9 Å². The summed E-state index contributed by atoms with van der Waals surface area (Å²) < 4.78 is 0. The van der Waals surface area contributed by atoms with Gasteiger partial charge in [-0.25, -0.2) is 0 Å². The molecule has 0 bridgehead atoms. The number of carbonyl (C=O) groups is 1. The van der Waals surface area contributed by atoms with E-state index in [4.69, 9.17) is 0 Å². The van der Waals surface area contributed by atoms with Crippen LogP contribution in [0.4, 0.5) is 0 Å². The van der Waals surface area contributed by atoms with E-state index in [1.54, 1.807) is 0 Å². The number of para-hydroxylation sites is 1. The Morgan fingerprint density at radius 2 is 1.88 bits per heavy atom. The van der Waals surface area contributed by atoms with E-state index >= 15 is 0 Å². The lowest BCUT2D eigenvalue weighted by molar-refractivity contribution is -0.145. The van der Waals surface area contributed by atoms with Crippen LogP contribution in [0.25, 0.3) is 10.9 Å². The van der Waals surface area contributed by atoms with Crippen molar-refractivity contribution in [1.82, 2.24) is 14.8 Å². The summed E-state index contributed by atoms with van der Waals surface area (Å²) in [5.41, 5.74) is 3.86. The van der Waals surface area contributed by atoms with Crippen LogP contribution in [-0.4, -0.2) is 45.9 Å². The topological polar surface area (TPSA) is 39.3 Å². The lowest BCUT2D eigenvalue weighted by Gasteiger charge is -2.48. The van der Waals surface area contributed by atoms with Gasteiger partial charge in [-0.3, -0.25) is 9.69 Å². The maximum absolute atomic E-state index is 13.1. The molecule has 1 saturated heterocycles. The first-order chi connectivity index (χ1) is 12.3. The number of nitrogens with zero attached hydrogens (tertiary/aromatic N) is 2. The summed E-state index contributed by atoms with van der Waals surface area (Å²) >= 11 is 0. The van der Waals surface area contributed by atoms with Crippen LogP contribution in [0, 0.1) is 0 Å². The largest absolute Gasteiger partial charge is 0.357 e. The fraction of sp³-hybridized carbons (Fsp3) is 0.571. The van der Waals surface area contributed by atoms with Crippen molar-refractivity contribution in [2.75, 3.05) is 13.1 Å². The van der Waals surface area contributed by atoms with E-state index < -0.39 is 0 Å². The molecule has 4 heteroatoms. The van der Waals surface area contributed by atoms with Gasteiger partial charge in [0.25, 0.3) is 0 Å². The highest BCUT2D eigenvalue weighted by atomic mass is 16.2. The summed E-state index contributed by atoms with van der Waals surface area (Å²) in [6, 6.07) is 9.31. The summed E-state index contributed by atoms with van der Waals surface area (Å²) in [6.07, 6.45) is 8.64. The lowest BCUT2D eigenvalue weighted by atomic mass is 9.88. The van der Waals surface area contributed by atoms with E-state index in [2.05, 4.69) is 39.0 Å². The minimum absolute atomic E-state index is 0.147. The van der Waals surface area contributed by atoms with E-state index in [0.717, 1.165) is 32.5 Å². The smallest absolute Gasteiger partial charge is 0.240 e. The second kappa shape index (κ2) is 6.17. The van der Waals surface area contributed by atoms with Gasteiger partial charge in [0.2, 0.25) is 5.91 Å². The van der Waals surface area contributed by atoms with Gasteiger partial charge < -0.3 is 9.88 Å². The maximum Gasteiger partial charge on any atom is 0.240 e. The van der Waals surface area contributed by atoms with Crippen LogP contribution < -0.4 is 0 Å². The zero-order chi connectivity index (χ0) is 16.8. The quantitative estimate of drug-likeness (QED) is 0.911. The average molecular weight is 337 g/mol. The molecule has 1 saturated carbocycles. The third-order valence-electron chi connectivity index (χ3n) is 6.58. The number of nitrogens with one attached hydrogen (secondary N) is 1. The number of H-pyrrole nitrogens is 1. The molecule has 1 N–H and O–H groups in total. The van der Waals surface area contributed by atoms with Crippen LogP contribution >= 0.6 is 0 Å². The van der Waals surface area contributed by atoms with Crippen LogP contribution in [0.3, 0.4) is 0 Å². The number of aromatic amines is 1. The highest BCUT2D eigenvalue weighted by Crippen LogP contribution is 2.33. The Kier molecular flexibility index (Phi) is 3.81. The normalized spacial score (nSPS) is 25.0. The van der Waals surface area contributed by atoms with Gasteiger partial charge in [-0.15, -0.1) is 0 Å². The van der Waals surface area contributed by atoms with Crippen molar-refractivity contribution in [2.24, 2.45) is 0 Å². The number of benzene rings is 1. The van der Waals surface area contributed by atoms with Gasteiger partial charge in [0.05, 0.1) is 12.6 Å². The zero-order valence-electron chi connectivity index (χ0n) is 14.8. The summed E-state index contributed by atoms with van der Waals surface area (Å²) in [4.78, 5) is 21.3. The maximum atomic E-state index is 13.1. The molecule has 1 aromatic heterocycles. The van der Waals surface area contributed by atoms with Crippen LogP contribution in [0.15, 0.2) is 24.3 Å². The fourth-order valence-corrected chi connectivity index (χ4v) is 5.11. The number of fused-ring (bicyclic) bond motifs is 3. The third-order valence-corrected chi connectivity index (χ3v) is 6.58. The van der Waals surface area contributed by atoms with Crippen LogP contribution in [0.5, 0.6) is 0 Å². The van der Waals surface area contributed by atoms with Gasteiger partial charge in [0, 0.05) is 35.7 Å². The highest BCUT2D eigenvalue weighted by Gasteiger charge is 2.41. The zero-order valence-corrected chi connectivity index (χ0v) is 14.8. The number of carbonyl (C=O) groups excluding carboxylic acids is 1. The van der Waals surface area contributed by atoms with E-state index in [-0.39, 0.29) is 6.04 Å². The molecule has 4 nitrogen and oxygen atoms in total. The summed E-state index contributed by atoms with van der Waals surface area (Å²) in [5.74, 6) is 0.362. The molecule has 132 valence electrons. The van der Waals surface area contributed by atoms with Crippen LogP contribution in [0.2, 0.25) is 0 Å². The predicted molar refractivity (Wildman–Crippen MR) is 99.4 cm³/mol. The van der Waals surface area contributed by atoms with Gasteiger partial charge in [-0.2, -0.15) is 0 Å². The Morgan fingerprint density at radius 3 is 2.68 bits per heavy atom. The molecule has 0 spiro atoms. The Bertz CT molecular complexity index is 790. The first-order valence-electron chi connectivity index (χ1n) is 9.94. The molecule has 3 aliphatic rings. The summed E-state index contributed by atoms with van der Waals surface area (Å²) in [7, 11) is 0. The Labute approximate surface area is 149 Å². The van der Waals surface area contributed by atoms with Gasteiger partial charge in [0.15, 0.2) is 0 Å². The predicted octanol–water partition coefficient (Wildman–Crippen LogP) is 3.46. The molecule has 25 heavy (non-hydrogen) atoms. The monoisotopic (exact) mass is 337 g/mol. The number of aromatic nitrogens is 1.